The molecule has 14 rings (SSSR count). The van der Waals surface area contributed by atoms with Crippen molar-refractivity contribution in [2.24, 2.45) is 0 Å². The Morgan fingerprint density at radius 3 is 1.06 bits per heavy atom. The molecule has 0 amide bonds. The molecule has 10 aromatic carbocycles. The van der Waals surface area contributed by atoms with E-state index >= 15 is 0 Å². The van der Waals surface area contributed by atoms with E-state index in [-0.39, 0.29) is 10.8 Å². The Kier molecular flexibility index (Phi) is 7.66. The summed E-state index contributed by atoms with van der Waals surface area (Å²) in [6, 6.07) is 89.3. The van der Waals surface area contributed by atoms with Crippen LogP contribution < -0.4 is 4.90 Å². The summed E-state index contributed by atoms with van der Waals surface area (Å²) in [5.74, 6) is 0. The Labute approximate surface area is 387 Å². The van der Waals surface area contributed by atoms with Crippen LogP contribution >= 0.6 is 0 Å². The largest absolute Gasteiger partial charge is 0.310 e. The lowest BCUT2D eigenvalue weighted by atomic mass is 9.70. The molecule has 0 bridgehead atoms. The predicted octanol–water partition coefficient (Wildman–Crippen LogP) is 16.2. The second-order valence-electron chi connectivity index (χ2n) is 19.0. The van der Waals surface area contributed by atoms with Crippen LogP contribution in [0.3, 0.4) is 0 Å². The first-order valence-corrected chi connectivity index (χ1v) is 23.3. The number of benzene rings is 10. The van der Waals surface area contributed by atoms with Gasteiger partial charge in [0.25, 0.3) is 0 Å². The molecule has 4 aliphatic carbocycles. The monoisotopic (exact) mass is 839 g/mol. The highest BCUT2D eigenvalue weighted by molar-refractivity contribution is 5.97. The van der Waals surface area contributed by atoms with Gasteiger partial charge in [-0.15, -0.1) is 0 Å². The fourth-order valence-corrected chi connectivity index (χ4v) is 13.1. The van der Waals surface area contributed by atoms with Gasteiger partial charge in [0.1, 0.15) is 0 Å². The number of hydrogen-bond donors (Lipinski definition) is 0. The molecule has 1 heteroatoms. The zero-order chi connectivity index (χ0) is 43.8. The van der Waals surface area contributed by atoms with Crippen molar-refractivity contribution >= 4 is 17.1 Å². The highest BCUT2D eigenvalue weighted by Crippen LogP contribution is 2.64. The average molecular weight is 840 g/mol. The van der Waals surface area contributed by atoms with Crippen molar-refractivity contribution in [2.45, 2.75) is 30.1 Å². The highest BCUT2D eigenvalue weighted by Gasteiger charge is 2.52. The molecule has 10 aromatic rings. The van der Waals surface area contributed by atoms with Gasteiger partial charge in [0.2, 0.25) is 0 Å². The summed E-state index contributed by atoms with van der Waals surface area (Å²) in [6.07, 6.45) is 0. The van der Waals surface area contributed by atoms with Crippen molar-refractivity contribution in [1.82, 2.24) is 0 Å². The molecule has 0 fully saturated rings. The second-order valence-corrected chi connectivity index (χ2v) is 19.0. The third-order valence-corrected chi connectivity index (χ3v) is 16.1. The van der Waals surface area contributed by atoms with Gasteiger partial charge in [-0.3, -0.25) is 0 Å². The van der Waals surface area contributed by atoms with E-state index in [0.29, 0.717) is 0 Å². The SMILES string of the molecule is CC1(c2ccccc2)c2ccccc2-c2cc(N(c3ccc4c(c3)C(C)(c3ccccc3)c3ccccc3-4)c3ccc4c(c3)C3(c5ccccc5-c5ccccc53)c3ccccc3-4)ccc21. The van der Waals surface area contributed by atoms with Crippen LogP contribution in [0.25, 0.3) is 44.5 Å². The first kappa shape index (κ1) is 37.4. The smallest absolute Gasteiger partial charge is 0.0726 e. The Balaban J connectivity index is 1.04. The van der Waals surface area contributed by atoms with E-state index in [9.17, 15) is 0 Å². The molecule has 310 valence electrons. The van der Waals surface area contributed by atoms with E-state index in [2.05, 4.69) is 255 Å². The van der Waals surface area contributed by atoms with Gasteiger partial charge in [0.05, 0.1) is 5.41 Å². The molecule has 1 spiro atoms. The predicted molar refractivity (Wildman–Crippen MR) is 272 cm³/mol. The highest BCUT2D eigenvalue weighted by atomic mass is 15.1. The second kappa shape index (κ2) is 13.5. The summed E-state index contributed by atoms with van der Waals surface area (Å²) in [5.41, 5.74) is 26.1. The maximum absolute atomic E-state index is 2.54. The van der Waals surface area contributed by atoms with E-state index in [4.69, 9.17) is 0 Å². The minimum Gasteiger partial charge on any atom is -0.310 e. The molecular formula is C65H45N. The number of hydrogen-bond acceptors (Lipinski definition) is 1. The van der Waals surface area contributed by atoms with Crippen LogP contribution in [0.5, 0.6) is 0 Å². The van der Waals surface area contributed by atoms with Crippen molar-refractivity contribution in [3.05, 3.63) is 292 Å². The quantitative estimate of drug-likeness (QED) is 0.167. The molecule has 2 unspecified atom stereocenters. The lowest BCUT2D eigenvalue weighted by Gasteiger charge is -2.33. The minimum absolute atomic E-state index is 0.289. The van der Waals surface area contributed by atoms with Crippen molar-refractivity contribution in [1.29, 1.82) is 0 Å². The molecule has 0 saturated carbocycles. The molecule has 4 aliphatic rings. The summed E-state index contributed by atoms with van der Waals surface area (Å²) < 4.78 is 0. The number of rotatable bonds is 5. The molecule has 2 atom stereocenters. The van der Waals surface area contributed by atoms with Crippen LogP contribution in [0.4, 0.5) is 17.1 Å². The molecule has 1 nitrogen and oxygen atoms in total. The van der Waals surface area contributed by atoms with Gasteiger partial charge in [-0.1, -0.05) is 200 Å². The van der Waals surface area contributed by atoms with Gasteiger partial charge >= 0.3 is 0 Å². The normalized spacial score (nSPS) is 18.1. The Morgan fingerprint density at radius 2 is 0.561 bits per heavy atom. The van der Waals surface area contributed by atoms with Gasteiger partial charge < -0.3 is 4.90 Å². The van der Waals surface area contributed by atoms with E-state index in [1.54, 1.807) is 0 Å². The van der Waals surface area contributed by atoms with Gasteiger partial charge in [-0.05, 0) is 150 Å². The summed E-state index contributed by atoms with van der Waals surface area (Å²) in [4.78, 5) is 2.54. The molecule has 0 aromatic heterocycles. The van der Waals surface area contributed by atoms with Crippen LogP contribution in [0.2, 0.25) is 0 Å². The summed E-state index contributed by atoms with van der Waals surface area (Å²) in [6.45, 7) is 4.82. The summed E-state index contributed by atoms with van der Waals surface area (Å²) >= 11 is 0. The molecule has 0 N–H and O–H groups in total. The van der Waals surface area contributed by atoms with Crippen LogP contribution in [-0.2, 0) is 16.2 Å². The Morgan fingerprint density at radius 1 is 0.242 bits per heavy atom. The van der Waals surface area contributed by atoms with E-state index < -0.39 is 5.41 Å². The lowest BCUT2D eigenvalue weighted by molar-refractivity contribution is 0.713. The van der Waals surface area contributed by atoms with E-state index in [1.165, 1.54) is 100 Å². The molecular weight excluding hydrogens is 795 g/mol. The zero-order valence-corrected chi connectivity index (χ0v) is 37.0. The van der Waals surface area contributed by atoms with E-state index in [1.807, 2.05) is 0 Å². The average Bonchev–Trinajstić information content (AvgIpc) is 4.04. The molecule has 0 heterocycles. The van der Waals surface area contributed by atoms with Crippen LogP contribution in [-0.4, -0.2) is 0 Å². The minimum atomic E-state index is -0.458. The van der Waals surface area contributed by atoms with Crippen molar-refractivity contribution in [2.75, 3.05) is 4.90 Å². The first-order chi connectivity index (χ1) is 32.5. The fourth-order valence-electron chi connectivity index (χ4n) is 13.1. The molecule has 0 aliphatic heterocycles. The number of anilines is 3. The molecule has 66 heavy (non-hydrogen) atoms. The summed E-state index contributed by atoms with van der Waals surface area (Å²) in [5, 5.41) is 0. The fraction of sp³-hybridized carbons (Fsp3) is 0.0769. The Hall–Kier alpha value is -8.00. The topological polar surface area (TPSA) is 3.24 Å². The standard InChI is InChI=1S/C65H45N/c1-63(42-19-5-3-6-20-42)56-29-15-10-27-51(56)54-39-44(35-38-57(54)63)66(45-33-36-52-47-23-9-14-28-55(47)64(2,61(52)40-45)43-21-7-4-8-22-43)46-34-37-53-50-26-13-18-32-60(50)65(62(53)41-46)58-30-16-11-24-48(58)49-25-12-17-31-59(49)65/h3-41H,1-2H3. The van der Waals surface area contributed by atoms with Gasteiger partial charge in [0.15, 0.2) is 0 Å². The van der Waals surface area contributed by atoms with Gasteiger partial charge in [-0.25, -0.2) is 0 Å². The molecule has 0 saturated heterocycles. The Bertz CT molecular complexity index is 3570. The maximum atomic E-state index is 2.54. The van der Waals surface area contributed by atoms with Crippen molar-refractivity contribution in [3.8, 4) is 44.5 Å². The van der Waals surface area contributed by atoms with Crippen LogP contribution in [0, 0.1) is 0 Å². The van der Waals surface area contributed by atoms with E-state index in [0.717, 1.165) is 17.1 Å². The van der Waals surface area contributed by atoms with Crippen molar-refractivity contribution < 1.29 is 0 Å². The van der Waals surface area contributed by atoms with Crippen LogP contribution in [0.15, 0.2) is 237 Å². The number of nitrogens with zero attached hydrogens (tertiary/aromatic N) is 1. The molecule has 0 radical (unpaired) electrons. The zero-order valence-electron chi connectivity index (χ0n) is 37.0. The third-order valence-electron chi connectivity index (χ3n) is 16.1. The van der Waals surface area contributed by atoms with Gasteiger partial charge in [0, 0.05) is 27.9 Å². The van der Waals surface area contributed by atoms with Crippen LogP contribution in [0.1, 0.15) is 69.5 Å². The first-order valence-electron chi connectivity index (χ1n) is 23.3. The number of fused-ring (bicyclic) bond motifs is 16. The third kappa shape index (κ3) is 4.69. The lowest BCUT2D eigenvalue weighted by Crippen LogP contribution is -2.26. The maximum Gasteiger partial charge on any atom is 0.0726 e. The summed E-state index contributed by atoms with van der Waals surface area (Å²) in [7, 11) is 0. The van der Waals surface area contributed by atoms with Crippen molar-refractivity contribution in [3.63, 3.8) is 0 Å². The van der Waals surface area contributed by atoms with Gasteiger partial charge in [-0.2, -0.15) is 0 Å².